The molecule has 0 fully saturated rings. The van der Waals surface area contributed by atoms with Gasteiger partial charge in [-0.2, -0.15) is 0 Å². The van der Waals surface area contributed by atoms with Gasteiger partial charge in [0.05, 0.1) is 10.6 Å². The molecule has 1 aromatic carbocycles. The Labute approximate surface area is 115 Å². The average molecular weight is 281 g/mol. The van der Waals surface area contributed by atoms with Crippen LogP contribution in [0.4, 0.5) is 0 Å². The third-order valence-corrected chi connectivity index (χ3v) is 2.94. The Balaban J connectivity index is 2.01. The lowest BCUT2D eigenvalue weighted by Crippen LogP contribution is -2.23. The van der Waals surface area contributed by atoms with Gasteiger partial charge in [-0.05, 0) is 23.8 Å². The number of carbonyl (C=O) groups is 1. The second-order valence-corrected chi connectivity index (χ2v) is 4.51. The van der Waals surface area contributed by atoms with Crippen molar-refractivity contribution in [3.05, 3.63) is 63.9 Å². The van der Waals surface area contributed by atoms with Gasteiger partial charge in [0.25, 0.3) is 5.91 Å². The highest BCUT2D eigenvalue weighted by atomic mass is 35.5. The highest BCUT2D eigenvalue weighted by Gasteiger charge is 2.09. The van der Waals surface area contributed by atoms with Crippen molar-refractivity contribution in [2.24, 2.45) is 0 Å². The molecule has 0 bridgehead atoms. The number of halogens is 2. The second-order valence-electron chi connectivity index (χ2n) is 3.66. The summed E-state index contributed by atoms with van der Waals surface area (Å²) in [7, 11) is 0. The van der Waals surface area contributed by atoms with Gasteiger partial charge in [0.2, 0.25) is 0 Å². The Morgan fingerprint density at radius 3 is 2.56 bits per heavy atom. The molecular weight excluding hydrogens is 271 g/mol. The number of hydrogen-bond donors (Lipinski definition) is 1. The highest BCUT2D eigenvalue weighted by Crippen LogP contribution is 2.13. The minimum absolute atomic E-state index is 0.225. The molecule has 3 nitrogen and oxygen atoms in total. The van der Waals surface area contributed by atoms with Crippen LogP contribution in [0.25, 0.3) is 0 Å². The van der Waals surface area contributed by atoms with E-state index >= 15 is 0 Å². The van der Waals surface area contributed by atoms with E-state index in [1.165, 1.54) is 12.4 Å². The van der Waals surface area contributed by atoms with Crippen molar-refractivity contribution in [2.75, 3.05) is 0 Å². The van der Waals surface area contributed by atoms with Crippen molar-refractivity contribution in [2.45, 2.75) is 6.54 Å². The van der Waals surface area contributed by atoms with Crippen molar-refractivity contribution >= 4 is 29.1 Å². The zero-order valence-corrected chi connectivity index (χ0v) is 10.9. The van der Waals surface area contributed by atoms with E-state index in [-0.39, 0.29) is 5.91 Å². The first kappa shape index (κ1) is 12.9. The third-order valence-electron chi connectivity index (χ3n) is 2.38. The summed E-state index contributed by atoms with van der Waals surface area (Å²) in [4.78, 5) is 15.7. The number of nitrogens with one attached hydrogen (secondary N) is 1. The topological polar surface area (TPSA) is 42.0 Å². The Hall–Kier alpha value is -1.58. The van der Waals surface area contributed by atoms with E-state index in [1.54, 1.807) is 18.2 Å². The van der Waals surface area contributed by atoms with Crippen LogP contribution in [0.15, 0.2) is 42.7 Å². The normalized spacial score (nSPS) is 10.1. The zero-order chi connectivity index (χ0) is 13.0. The van der Waals surface area contributed by atoms with Gasteiger partial charge >= 0.3 is 0 Å². The summed E-state index contributed by atoms with van der Waals surface area (Å²) in [6.07, 6.45) is 2.97. The molecule has 2 rings (SSSR count). The van der Waals surface area contributed by atoms with E-state index in [1.807, 2.05) is 12.1 Å². The molecule has 5 heteroatoms. The van der Waals surface area contributed by atoms with Crippen molar-refractivity contribution in [1.82, 2.24) is 10.3 Å². The quantitative estimate of drug-likeness (QED) is 0.937. The molecule has 0 saturated carbocycles. The van der Waals surface area contributed by atoms with Gasteiger partial charge in [0, 0.05) is 24.0 Å². The summed E-state index contributed by atoms with van der Waals surface area (Å²) in [5.41, 5.74) is 1.39. The summed E-state index contributed by atoms with van der Waals surface area (Å²) in [6, 6.07) is 8.86. The van der Waals surface area contributed by atoms with Gasteiger partial charge in [0.1, 0.15) is 0 Å². The Kier molecular flexibility index (Phi) is 4.18. The number of hydrogen-bond acceptors (Lipinski definition) is 2. The predicted molar refractivity (Wildman–Crippen MR) is 71.9 cm³/mol. The van der Waals surface area contributed by atoms with E-state index in [0.717, 1.165) is 5.56 Å². The number of benzene rings is 1. The number of pyridine rings is 1. The molecular formula is C13H10Cl2N2O. The fourth-order valence-electron chi connectivity index (χ4n) is 1.44. The lowest BCUT2D eigenvalue weighted by Gasteiger charge is -2.06. The summed E-state index contributed by atoms with van der Waals surface area (Å²) >= 11 is 11.7. The molecule has 0 aliphatic rings. The molecule has 0 spiro atoms. The van der Waals surface area contributed by atoms with Gasteiger partial charge in [-0.1, -0.05) is 35.3 Å². The summed E-state index contributed by atoms with van der Waals surface area (Å²) in [5.74, 6) is -0.225. The molecule has 92 valence electrons. The van der Waals surface area contributed by atoms with E-state index in [4.69, 9.17) is 23.2 Å². The summed E-state index contributed by atoms with van der Waals surface area (Å²) in [6.45, 7) is 0.425. The predicted octanol–water partition coefficient (Wildman–Crippen LogP) is 3.32. The van der Waals surface area contributed by atoms with Gasteiger partial charge < -0.3 is 5.32 Å². The van der Waals surface area contributed by atoms with Crippen molar-refractivity contribution < 1.29 is 4.79 Å². The standard InChI is InChI=1S/C13H10Cl2N2O/c14-10-3-1-9(2-4-10)7-17-13(18)11-5-6-16-8-12(11)15/h1-6,8H,7H2,(H,17,18). The molecule has 0 aliphatic heterocycles. The second kappa shape index (κ2) is 5.85. The lowest BCUT2D eigenvalue weighted by molar-refractivity contribution is 0.0951. The minimum Gasteiger partial charge on any atom is -0.348 e. The van der Waals surface area contributed by atoms with Crippen LogP contribution in [0.2, 0.25) is 10.0 Å². The van der Waals surface area contributed by atoms with Gasteiger partial charge in [-0.15, -0.1) is 0 Å². The number of carbonyl (C=O) groups excluding carboxylic acids is 1. The van der Waals surface area contributed by atoms with Crippen LogP contribution in [-0.2, 0) is 6.54 Å². The molecule has 1 heterocycles. The first-order chi connectivity index (χ1) is 8.66. The number of amides is 1. The van der Waals surface area contributed by atoms with Crippen LogP contribution in [0.3, 0.4) is 0 Å². The average Bonchev–Trinajstić information content (AvgIpc) is 2.38. The van der Waals surface area contributed by atoms with E-state index in [2.05, 4.69) is 10.3 Å². The molecule has 18 heavy (non-hydrogen) atoms. The van der Waals surface area contributed by atoms with Gasteiger partial charge in [-0.25, -0.2) is 0 Å². The molecule has 0 saturated heterocycles. The smallest absolute Gasteiger partial charge is 0.253 e. The highest BCUT2D eigenvalue weighted by molar-refractivity contribution is 6.33. The number of rotatable bonds is 3. The fraction of sp³-hybridized carbons (Fsp3) is 0.0769. The van der Waals surface area contributed by atoms with E-state index < -0.39 is 0 Å². The monoisotopic (exact) mass is 280 g/mol. The van der Waals surface area contributed by atoms with E-state index in [9.17, 15) is 4.79 Å². The maximum absolute atomic E-state index is 11.9. The summed E-state index contributed by atoms with van der Waals surface area (Å²) < 4.78 is 0. The summed E-state index contributed by atoms with van der Waals surface area (Å²) in [5, 5.41) is 3.79. The number of nitrogens with zero attached hydrogens (tertiary/aromatic N) is 1. The van der Waals surface area contributed by atoms with Crippen molar-refractivity contribution in [3.8, 4) is 0 Å². The molecule has 0 aliphatic carbocycles. The molecule has 1 N–H and O–H groups in total. The Morgan fingerprint density at radius 1 is 1.17 bits per heavy atom. The molecule has 0 atom stereocenters. The molecule has 0 radical (unpaired) electrons. The van der Waals surface area contributed by atoms with Crippen LogP contribution in [0, 0.1) is 0 Å². The third kappa shape index (κ3) is 3.22. The maximum Gasteiger partial charge on any atom is 0.253 e. The molecule has 1 amide bonds. The first-order valence-electron chi connectivity index (χ1n) is 5.29. The van der Waals surface area contributed by atoms with Crippen LogP contribution < -0.4 is 5.32 Å². The lowest BCUT2D eigenvalue weighted by atomic mass is 10.2. The zero-order valence-electron chi connectivity index (χ0n) is 9.36. The van der Waals surface area contributed by atoms with Crippen LogP contribution in [-0.4, -0.2) is 10.9 Å². The largest absolute Gasteiger partial charge is 0.348 e. The van der Waals surface area contributed by atoms with Crippen LogP contribution in [0.5, 0.6) is 0 Å². The molecule has 1 aromatic heterocycles. The van der Waals surface area contributed by atoms with E-state index in [0.29, 0.717) is 22.2 Å². The van der Waals surface area contributed by atoms with Crippen LogP contribution >= 0.6 is 23.2 Å². The Bertz CT molecular complexity index is 555. The van der Waals surface area contributed by atoms with Gasteiger partial charge in [0.15, 0.2) is 0 Å². The van der Waals surface area contributed by atoms with Crippen LogP contribution in [0.1, 0.15) is 15.9 Å². The Morgan fingerprint density at radius 2 is 1.89 bits per heavy atom. The van der Waals surface area contributed by atoms with Crippen molar-refractivity contribution in [1.29, 1.82) is 0 Å². The first-order valence-corrected chi connectivity index (χ1v) is 6.04. The minimum atomic E-state index is -0.225. The van der Waals surface area contributed by atoms with Gasteiger partial charge in [-0.3, -0.25) is 9.78 Å². The maximum atomic E-state index is 11.9. The molecule has 0 unspecified atom stereocenters. The SMILES string of the molecule is O=C(NCc1ccc(Cl)cc1)c1ccncc1Cl. The van der Waals surface area contributed by atoms with Crippen molar-refractivity contribution in [3.63, 3.8) is 0 Å². The molecule has 2 aromatic rings. The number of aromatic nitrogens is 1. The fourth-order valence-corrected chi connectivity index (χ4v) is 1.77.